The third kappa shape index (κ3) is 2.87. The van der Waals surface area contributed by atoms with Crippen LogP contribution in [-0.4, -0.2) is 25.0 Å². The maximum atomic E-state index is 11.3. The van der Waals surface area contributed by atoms with Crippen LogP contribution >= 0.6 is 23.4 Å². The fourth-order valence-electron chi connectivity index (χ4n) is 1.29. The second-order valence-corrected chi connectivity index (χ2v) is 4.74. The molecule has 0 aliphatic carbocycles. The summed E-state index contributed by atoms with van der Waals surface area (Å²) in [7, 11) is 0. The average molecular weight is 285 g/mol. The summed E-state index contributed by atoms with van der Waals surface area (Å²) in [6.45, 7) is 1.44. The monoisotopic (exact) mass is 284 g/mol. The zero-order valence-electron chi connectivity index (χ0n) is 9.35. The van der Waals surface area contributed by atoms with Gasteiger partial charge in [-0.05, 0) is 18.7 Å². The van der Waals surface area contributed by atoms with Crippen molar-refractivity contribution in [3.05, 3.63) is 39.2 Å². The van der Waals surface area contributed by atoms with Crippen molar-refractivity contribution in [1.29, 1.82) is 0 Å². The van der Waals surface area contributed by atoms with Gasteiger partial charge in [-0.2, -0.15) is 0 Å². The first-order valence-corrected chi connectivity index (χ1v) is 6.15. The molecule has 94 valence electrons. The van der Waals surface area contributed by atoms with E-state index in [1.807, 2.05) is 0 Å². The second kappa shape index (κ2) is 5.47. The van der Waals surface area contributed by atoms with Gasteiger partial charge in [0.25, 0.3) is 5.56 Å². The molecule has 18 heavy (non-hydrogen) atoms. The summed E-state index contributed by atoms with van der Waals surface area (Å²) in [6, 6.07) is 1.39. The number of halogens is 1. The topological polar surface area (TPSA) is 91.8 Å². The number of hydrogen-bond donors (Lipinski definition) is 2. The molecule has 0 saturated heterocycles. The molecular formula is C10H9ClN4O2S. The molecule has 2 heterocycles. The van der Waals surface area contributed by atoms with E-state index in [2.05, 4.69) is 19.9 Å². The highest BCUT2D eigenvalue weighted by atomic mass is 35.5. The first-order valence-electron chi connectivity index (χ1n) is 4.96. The van der Waals surface area contributed by atoms with Gasteiger partial charge in [-0.15, -0.1) is 0 Å². The van der Waals surface area contributed by atoms with Gasteiger partial charge in [-0.3, -0.25) is 4.79 Å². The molecule has 0 fully saturated rings. The van der Waals surface area contributed by atoms with Crippen LogP contribution in [0.3, 0.4) is 0 Å². The minimum Gasteiger partial charge on any atom is -0.391 e. The normalized spacial score (nSPS) is 10.6. The number of hydrogen-bond acceptors (Lipinski definition) is 6. The summed E-state index contributed by atoms with van der Waals surface area (Å²) in [6.07, 6.45) is 1.29. The van der Waals surface area contributed by atoms with E-state index in [1.54, 1.807) is 6.92 Å². The lowest BCUT2D eigenvalue weighted by Crippen LogP contribution is -2.08. The molecule has 6 nitrogen and oxygen atoms in total. The molecule has 0 spiro atoms. The Morgan fingerprint density at radius 3 is 2.94 bits per heavy atom. The summed E-state index contributed by atoms with van der Waals surface area (Å²) >= 11 is 6.96. The Hall–Kier alpha value is -1.44. The number of rotatable bonds is 3. The molecule has 8 heteroatoms. The SMILES string of the molecule is Cc1cc(=O)[nH]c(Sc2ncnc(Cl)c2CO)n1. The lowest BCUT2D eigenvalue weighted by atomic mass is 10.4. The third-order valence-electron chi connectivity index (χ3n) is 2.05. The van der Waals surface area contributed by atoms with Gasteiger partial charge < -0.3 is 10.1 Å². The Labute approximate surface area is 111 Å². The highest BCUT2D eigenvalue weighted by Gasteiger charge is 2.11. The highest BCUT2D eigenvalue weighted by Crippen LogP contribution is 2.28. The van der Waals surface area contributed by atoms with E-state index in [1.165, 1.54) is 12.4 Å². The molecule has 0 saturated carbocycles. The van der Waals surface area contributed by atoms with Crippen LogP contribution in [0.1, 0.15) is 11.3 Å². The van der Waals surface area contributed by atoms with E-state index >= 15 is 0 Å². The number of H-pyrrole nitrogens is 1. The Morgan fingerprint density at radius 1 is 1.50 bits per heavy atom. The number of aliphatic hydroxyl groups is 1. The fraction of sp³-hybridized carbons (Fsp3) is 0.200. The molecule has 0 aromatic carbocycles. The van der Waals surface area contributed by atoms with Crippen molar-refractivity contribution in [1.82, 2.24) is 19.9 Å². The van der Waals surface area contributed by atoms with Crippen molar-refractivity contribution >= 4 is 23.4 Å². The standard InChI is InChI=1S/C10H9ClN4O2S/c1-5-2-7(17)15-10(14-5)18-9-6(3-16)8(11)12-4-13-9/h2,4,16H,3H2,1H3,(H,14,15,17). The Kier molecular flexibility index (Phi) is 3.95. The van der Waals surface area contributed by atoms with Gasteiger partial charge in [-0.1, -0.05) is 11.6 Å². The average Bonchev–Trinajstić information content (AvgIpc) is 2.27. The van der Waals surface area contributed by atoms with Crippen molar-refractivity contribution in [2.24, 2.45) is 0 Å². The van der Waals surface area contributed by atoms with E-state index in [0.29, 0.717) is 21.4 Å². The molecule has 0 bridgehead atoms. The van der Waals surface area contributed by atoms with Crippen molar-refractivity contribution in [2.45, 2.75) is 23.7 Å². The van der Waals surface area contributed by atoms with Gasteiger partial charge in [0, 0.05) is 17.3 Å². The van der Waals surface area contributed by atoms with Crippen molar-refractivity contribution in [3.63, 3.8) is 0 Å². The number of aromatic nitrogens is 4. The molecular weight excluding hydrogens is 276 g/mol. The van der Waals surface area contributed by atoms with E-state index in [9.17, 15) is 9.90 Å². The first kappa shape index (κ1) is 13.0. The molecule has 0 aliphatic heterocycles. The summed E-state index contributed by atoms with van der Waals surface area (Å²) in [5.41, 5.74) is 0.774. The number of aromatic amines is 1. The van der Waals surface area contributed by atoms with Crippen LogP contribution in [0, 0.1) is 6.92 Å². The number of nitrogens with one attached hydrogen (secondary N) is 1. The lowest BCUT2D eigenvalue weighted by molar-refractivity contribution is 0.277. The summed E-state index contributed by atoms with van der Waals surface area (Å²) in [4.78, 5) is 25.8. The predicted octanol–water partition coefficient (Wildman–Crippen LogP) is 1.17. The van der Waals surface area contributed by atoms with Gasteiger partial charge in [0.15, 0.2) is 5.16 Å². The van der Waals surface area contributed by atoms with Crippen LogP contribution < -0.4 is 5.56 Å². The summed E-state index contributed by atoms with van der Waals surface area (Å²) in [5.74, 6) is 0. The zero-order valence-corrected chi connectivity index (χ0v) is 10.9. The van der Waals surface area contributed by atoms with E-state index < -0.39 is 0 Å². The highest BCUT2D eigenvalue weighted by molar-refractivity contribution is 7.99. The summed E-state index contributed by atoms with van der Waals surface area (Å²) in [5, 5.41) is 10.3. The Bertz CT molecular complexity index is 632. The molecule has 0 atom stereocenters. The Balaban J connectivity index is 2.39. The minimum atomic E-state index is -0.280. The molecule has 0 radical (unpaired) electrons. The molecule has 2 rings (SSSR count). The lowest BCUT2D eigenvalue weighted by Gasteiger charge is -2.06. The van der Waals surface area contributed by atoms with E-state index in [4.69, 9.17) is 11.6 Å². The van der Waals surface area contributed by atoms with E-state index in [0.717, 1.165) is 11.8 Å². The first-order chi connectivity index (χ1) is 8.60. The molecule has 0 aliphatic rings. The molecule has 2 aromatic rings. The van der Waals surface area contributed by atoms with E-state index in [-0.39, 0.29) is 17.3 Å². The van der Waals surface area contributed by atoms with Crippen LogP contribution in [-0.2, 0) is 6.61 Å². The van der Waals surface area contributed by atoms with Gasteiger partial charge in [0.2, 0.25) is 0 Å². The molecule has 2 N–H and O–H groups in total. The number of nitrogens with zero attached hydrogens (tertiary/aromatic N) is 3. The molecule has 0 unspecified atom stereocenters. The van der Waals surface area contributed by atoms with Gasteiger partial charge in [0.05, 0.1) is 6.61 Å². The van der Waals surface area contributed by atoms with Gasteiger partial charge in [0.1, 0.15) is 16.5 Å². The van der Waals surface area contributed by atoms with Gasteiger partial charge >= 0.3 is 0 Å². The van der Waals surface area contributed by atoms with Crippen molar-refractivity contribution < 1.29 is 5.11 Å². The van der Waals surface area contributed by atoms with Crippen LogP contribution in [0.4, 0.5) is 0 Å². The van der Waals surface area contributed by atoms with Crippen LogP contribution in [0.2, 0.25) is 5.15 Å². The third-order valence-corrected chi connectivity index (χ3v) is 3.31. The second-order valence-electron chi connectivity index (χ2n) is 3.40. The Morgan fingerprint density at radius 2 is 2.28 bits per heavy atom. The minimum absolute atomic E-state index is 0.185. The quantitative estimate of drug-likeness (QED) is 0.649. The summed E-state index contributed by atoms with van der Waals surface area (Å²) < 4.78 is 0. The smallest absolute Gasteiger partial charge is 0.251 e. The number of aliphatic hydroxyl groups excluding tert-OH is 1. The van der Waals surface area contributed by atoms with Crippen molar-refractivity contribution in [2.75, 3.05) is 0 Å². The number of aryl methyl sites for hydroxylation is 1. The van der Waals surface area contributed by atoms with Crippen LogP contribution in [0.25, 0.3) is 0 Å². The molecule has 2 aromatic heterocycles. The fourth-order valence-corrected chi connectivity index (χ4v) is 2.45. The maximum absolute atomic E-state index is 11.3. The maximum Gasteiger partial charge on any atom is 0.251 e. The zero-order chi connectivity index (χ0) is 13.1. The molecule has 0 amide bonds. The van der Waals surface area contributed by atoms with Crippen LogP contribution in [0.15, 0.2) is 27.4 Å². The predicted molar refractivity (Wildman–Crippen MR) is 66.7 cm³/mol. The van der Waals surface area contributed by atoms with Gasteiger partial charge in [-0.25, -0.2) is 15.0 Å². The van der Waals surface area contributed by atoms with Crippen LogP contribution in [0.5, 0.6) is 0 Å². The van der Waals surface area contributed by atoms with Crippen molar-refractivity contribution in [3.8, 4) is 0 Å². The largest absolute Gasteiger partial charge is 0.391 e.